The number of phenols is 1. The number of benzene rings is 2. The van der Waals surface area contributed by atoms with Gasteiger partial charge in [-0.25, -0.2) is 5.10 Å². The number of para-hydroxylation sites is 1. The molecule has 0 amide bonds. The molecular weight excluding hydrogens is 372 g/mol. The number of H-pyrrole nitrogens is 1. The maximum atomic E-state index is 10.3. The molecule has 28 heavy (non-hydrogen) atoms. The number of nitrogens with one attached hydrogen (secondary N) is 1. The molecule has 0 radical (unpaired) electrons. The van der Waals surface area contributed by atoms with Crippen LogP contribution in [0.3, 0.4) is 0 Å². The minimum Gasteiger partial charge on any atom is -0.504 e. The van der Waals surface area contributed by atoms with Crippen LogP contribution < -0.4 is 4.74 Å². The predicted molar refractivity (Wildman–Crippen MR) is 114 cm³/mol. The van der Waals surface area contributed by atoms with Gasteiger partial charge in [-0.1, -0.05) is 51.1 Å². The second kappa shape index (κ2) is 7.98. The van der Waals surface area contributed by atoms with E-state index < -0.39 is 0 Å². The number of ether oxygens (including phenoxy) is 1. The average Bonchev–Trinajstić information content (AvgIpc) is 3.02. The Balaban J connectivity index is 1.95. The monoisotopic (exact) mass is 396 g/mol. The molecule has 7 heteroatoms. The van der Waals surface area contributed by atoms with Crippen LogP contribution >= 0.6 is 12.2 Å². The smallest absolute Gasteiger partial charge is 0.216 e. The van der Waals surface area contributed by atoms with E-state index in [9.17, 15) is 5.11 Å². The zero-order valence-corrected chi connectivity index (χ0v) is 17.2. The molecule has 0 aliphatic rings. The summed E-state index contributed by atoms with van der Waals surface area (Å²) in [5, 5.41) is 21.8. The average molecular weight is 397 g/mol. The molecule has 2 aromatic carbocycles. The van der Waals surface area contributed by atoms with Crippen LogP contribution in [0.2, 0.25) is 0 Å². The van der Waals surface area contributed by atoms with Crippen molar-refractivity contribution >= 4 is 18.4 Å². The SMILES string of the molecule is CCOc1cccc(/C=N\n2c(-c3ccc(C(C)(C)C)cc3)n[nH]c2=S)c1O. The Bertz CT molecular complexity index is 1040. The zero-order chi connectivity index (χ0) is 20.3. The summed E-state index contributed by atoms with van der Waals surface area (Å²) in [4.78, 5) is 0. The van der Waals surface area contributed by atoms with Gasteiger partial charge in [0.15, 0.2) is 17.3 Å². The molecule has 0 saturated heterocycles. The highest BCUT2D eigenvalue weighted by atomic mass is 32.1. The summed E-state index contributed by atoms with van der Waals surface area (Å²) in [5.74, 6) is 1.06. The van der Waals surface area contributed by atoms with Gasteiger partial charge in [0.1, 0.15) is 0 Å². The summed E-state index contributed by atoms with van der Waals surface area (Å²) in [5.41, 5.74) is 2.73. The molecule has 6 nitrogen and oxygen atoms in total. The van der Waals surface area contributed by atoms with E-state index in [1.54, 1.807) is 18.2 Å². The lowest BCUT2D eigenvalue weighted by Gasteiger charge is -2.18. The first-order valence-corrected chi connectivity index (χ1v) is 9.49. The quantitative estimate of drug-likeness (QED) is 0.475. The second-order valence-electron chi connectivity index (χ2n) is 7.36. The number of hydrogen-bond acceptors (Lipinski definition) is 5. The molecule has 0 aliphatic carbocycles. The lowest BCUT2D eigenvalue weighted by atomic mass is 9.87. The number of rotatable bonds is 5. The Morgan fingerprint density at radius 3 is 2.57 bits per heavy atom. The fraction of sp³-hybridized carbons (Fsp3) is 0.286. The summed E-state index contributed by atoms with van der Waals surface area (Å²) < 4.78 is 7.32. The first kappa shape index (κ1) is 19.8. The standard InChI is InChI=1S/C21H24N4O2S/c1-5-27-17-8-6-7-15(18(17)26)13-22-25-19(23-24-20(25)28)14-9-11-16(12-10-14)21(2,3)4/h6-13,26H,5H2,1-4H3,(H,24,28)/b22-13-. The zero-order valence-electron chi connectivity index (χ0n) is 16.4. The van der Waals surface area contributed by atoms with Gasteiger partial charge in [0.25, 0.3) is 0 Å². The van der Waals surface area contributed by atoms with E-state index in [0.717, 1.165) is 5.56 Å². The predicted octanol–water partition coefficient (Wildman–Crippen LogP) is 4.89. The van der Waals surface area contributed by atoms with Crippen molar-refractivity contribution in [1.29, 1.82) is 0 Å². The Labute approximate surface area is 169 Å². The lowest BCUT2D eigenvalue weighted by Crippen LogP contribution is -2.10. The van der Waals surface area contributed by atoms with Crippen molar-refractivity contribution in [2.75, 3.05) is 6.61 Å². The van der Waals surface area contributed by atoms with Gasteiger partial charge in [-0.3, -0.25) is 0 Å². The molecule has 146 valence electrons. The highest BCUT2D eigenvalue weighted by Gasteiger charge is 2.15. The number of aromatic hydroxyl groups is 1. The van der Waals surface area contributed by atoms with E-state index in [-0.39, 0.29) is 11.2 Å². The Morgan fingerprint density at radius 1 is 1.21 bits per heavy atom. The molecule has 3 aromatic rings. The molecule has 0 aliphatic heterocycles. The van der Waals surface area contributed by atoms with Gasteiger partial charge in [0.2, 0.25) is 4.77 Å². The Hall–Kier alpha value is -2.93. The summed E-state index contributed by atoms with van der Waals surface area (Å²) >= 11 is 5.32. The highest BCUT2D eigenvalue weighted by Crippen LogP contribution is 2.29. The molecule has 0 unspecified atom stereocenters. The van der Waals surface area contributed by atoms with Crippen LogP contribution in [0.4, 0.5) is 0 Å². The van der Waals surface area contributed by atoms with E-state index in [4.69, 9.17) is 17.0 Å². The molecule has 1 heterocycles. The van der Waals surface area contributed by atoms with Gasteiger partial charge >= 0.3 is 0 Å². The fourth-order valence-electron chi connectivity index (χ4n) is 2.74. The molecular formula is C21H24N4O2S. The first-order chi connectivity index (χ1) is 13.3. The van der Waals surface area contributed by atoms with Crippen molar-refractivity contribution in [2.45, 2.75) is 33.1 Å². The van der Waals surface area contributed by atoms with Crippen molar-refractivity contribution in [1.82, 2.24) is 14.9 Å². The fourth-order valence-corrected chi connectivity index (χ4v) is 2.92. The third kappa shape index (κ3) is 4.14. The van der Waals surface area contributed by atoms with Gasteiger partial charge < -0.3 is 9.84 Å². The van der Waals surface area contributed by atoms with E-state index >= 15 is 0 Å². The van der Waals surface area contributed by atoms with E-state index in [0.29, 0.717) is 28.5 Å². The van der Waals surface area contributed by atoms with Crippen LogP contribution in [0.15, 0.2) is 47.6 Å². The molecule has 0 bridgehead atoms. The Morgan fingerprint density at radius 2 is 1.93 bits per heavy atom. The number of aromatic amines is 1. The van der Waals surface area contributed by atoms with Crippen LogP contribution in [-0.2, 0) is 5.41 Å². The number of nitrogens with zero attached hydrogens (tertiary/aromatic N) is 3. The maximum absolute atomic E-state index is 10.3. The molecule has 2 N–H and O–H groups in total. The summed E-state index contributed by atoms with van der Waals surface area (Å²) in [6.45, 7) is 8.85. The lowest BCUT2D eigenvalue weighted by molar-refractivity contribution is 0.318. The molecule has 1 aromatic heterocycles. The van der Waals surface area contributed by atoms with Crippen LogP contribution in [-0.4, -0.2) is 32.8 Å². The van der Waals surface area contributed by atoms with Gasteiger partial charge in [-0.2, -0.15) is 14.9 Å². The highest BCUT2D eigenvalue weighted by molar-refractivity contribution is 7.71. The number of hydrogen-bond donors (Lipinski definition) is 2. The minimum absolute atomic E-state index is 0.0409. The van der Waals surface area contributed by atoms with Crippen molar-refractivity contribution < 1.29 is 9.84 Å². The molecule has 0 spiro atoms. The van der Waals surface area contributed by atoms with Gasteiger partial charge in [0, 0.05) is 11.1 Å². The van der Waals surface area contributed by atoms with Gasteiger partial charge in [0.05, 0.1) is 12.8 Å². The van der Waals surface area contributed by atoms with Crippen LogP contribution in [0.1, 0.15) is 38.8 Å². The largest absolute Gasteiger partial charge is 0.504 e. The third-order valence-electron chi connectivity index (χ3n) is 4.30. The van der Waals surface area contributed by atoms with Gasteiger partial charge in [-0.15, -0.1) is 0 Å². The molecule has 0 fully saturated rings. The topological polar surface area (TPSA) is 75.4 Å². The number of aromatic nitrogens is 3. The summed E-state index contributed by atoms with van der Waals surface area (Å²) in [6, 6.07) is 13.4. The molecule has 3 rings (SSSR count). The van der Waals surface area contributed by atoms with Crippen molar-refractivity contribution in [3.8, 4) is 22.9 Å². The van der Waals surface area contributed by atoms with Crippen molar-refractivity contribution in [2.24, 2.45) is 5.10 Å². The molecule has 0 atom stereocenters. The second-order valence-corrected chi connectivity index (χ2v) is 7.75. The van der Waals surface area contributed by atoms with Crippen LogP contribution in [0.25, 0.3) is 11.4 Å². The van der Waals surface area contributed by atoms with Crippen molar-refractivity contribution in [3.63, 3.8) is 0 Å². The van der Waals surface area contributed by atoms with Crippen LogP contribution in [0, 0.1) is 4.77 Å². The maximum Gasteiger partial charge on any atom is 0.216 e. The number of phenolic OH excluding ortho intramolecular Hbond substituents is 1. The Kier molecular flexibility index (Phi) is 5.65. The van der Waals surface area contributed by atoms with Crippen LogP contribution in [0.5, 0.6) is 11.5 Å². The van der Waals surface area contributed by atoms with E-state index in [1.807, 2.05) is 19.1 Å². The summed E-state index contributed by atoms with van der Waals surface area (Å²) in [7, 11) is 0. The molecule has 0 saturated carbocycles. The van der Waals surface area contributed by atoms with E-state index in [1.165, 1.54) is 16.5 Å². The van der Waals surface area contributed by atoms with Crippen molar-refractivity contribution in [3.05, 3.63) is 58.4 Å². The minimum atomic E-state index is 0.0409. The van der Waals surface area contributed by atoms with E-state index in [2.05, 4.69) is 48.2 Å². The summed E-state index contributed by atoms with van der Waals surface area (Å²) in [6.07, 6.45) is 1.54. The van der Waals surface area contributed by atoms with Gasteiger partial charge in [-0.05, 0) is 42.3 Å². The normalized spacial score (nSPS) is 11.9. The first-order valence-electron chi connectivity index (χ1n) is 9.08. The third-order valence-corrected chi connectivity index (χ3v) is 4.57.